The first kappa shape index (κ1) is 11.1. The van der Waals surface area contributed by atoms with E-state index in [2.05, 4.69) is 27.3 Å². The Kier molecular flexibility index (Phi) is 3.24. The fourth-order valence-electron chi connectivity index (χ4n) is 1.49. The number of rotatable bonds is 4. The van der Waals surface area contributed by atoms with Crippen molar-refractivity contribution in [1.82, 2.24) is 19.6 Å². The normalized spacial score (nSPS) is 10.9. The molecule has 0 saturated heterocycles. The van der Waals surface area contributed by atoms with Gasteiger partial charge in [-0.3, -0.25) is 0 Å². The number of fused-ring (bicyclic) bond motifs is 1. The zero-order valence-corrected chi connectivity index (χ0v) is 10.1. The minimum Gasteiger partial charge on any atom is -0.370 e. The van der Waals surface area contributed by atoms with Crippen molar-refractivity contribution in [2.24, 2.45) is 0 Å². The summed E-state index contributed by atoms with van der Waals surface area (Å²) in [6, 6.07) is 0. The SMILES string of the molecule is CCCCNc1c(C)c(Cl)nc2ncnn12. The molecule has 0 aromatic carbocycles. The van der Waals surface area contributed by atoms with E-state index in [1.807, 2.05) is 6.92 Å². The van der Waals surface area contributed by atoms with E-state index >= 15 is 0 Å². The zero-order valence-electron chi connectivity index (χ0n) is 9.37. The molecule has 0 radical (unpaired) electrons. The molecule has 5 nitrogen and oxygen atoms in total. The van der Waals surface area contributed by atoms with Gasteiger partial charge in [-0.15, -0.1) is 0 Å². The first-order chi connectivity index (χ1) is 7.74. The number of nitrogens with one attached hydrogen (secondary N) is 1. The molecule has 0 aliphatic rings. The third-order valence-corrected chi connectivity index (χ3v) is 2.80. The molecule has 2 aromatic heterocycles. The van der Waals surface area contributed by atoms with Crippen LogP contribution < -0.4 is 5.32 Å². The van der Waals surface area contributed by atoms with Crippen LogP contribution in [0.2, 0.25) is 5.15 Å². The summed E-state index contributed by atoms with van der Waals surface area (Å²) in [5.74, 6) is 1.40. The van der Waals surface area contributed by atoms with E-state index in [9.17, 15) is 0 Å². The second-order valence-corrected chi connectivity index (χ2v) is 3.99. The van der Waals surface area contributed by atoms with Crippen molar-refractivity contribution < 1.29 is 0 Å². The number of halogens is 1. The summed E-state index contributed by atoms with van der Waals surface area (Å²) in [6.07, 6.45) is 3.73. The number of hydrogen-bond acceptors (Lipinski definition) is 4. The van der Waals surface area contributed by atoms with Crippen molar-refractivity contribution in [2.45, 2.75) is 26.7 Å². The molecule has 0 aliphatic heterocycles. The van der Waals surface area contributed by atoms with E-state index < -0.39 is 0 Å². The molecule has 2 rings (SSSR count). The van der Waals surface area contributed by atoms with E-state index in [0.29, 0.717) is 10.9 Å². The maximum atomic E-state index is 6.03. The van der Waals surface area contributed by atoms with E-state index in [-0.39, 0.29) is 0 Å². The van der Waals surface area contributed by atoms with Gasteiger partial charge in [0, 0.05) is 12.1 Å². The van der Waals surface area contributed by atoms with Gasteiger partial charge in [0.15, 0.2) is 0 Å². The second kappa shape index (κ2) is 4.65. The third-order valence-electron chi connectivity index (χ3n) is 2.43. The smallest absolute Gasteiger partial charge is 0.255 e. The summed E-state index contributed by atoms with van der Waals surface area (Å²) in [7, 11) is 0. The van der Waals surface area contributed by atoms with Crippen LogP contribution >= 0.6 is 11.6 Å². The number of anilines is 1. The highest BCUT2D eigenvalue weighted by Gasteiger charge is 2.11. The van der Waals surface area contributed by atoms with Gasteiger partial charge in [-0.2, -0.15) is 19.6 Å². The maximum Gasteiger partial charge on any atom is 0.255 e. The highest BCUT2D eigenvalue weighted by atomic mass is 35.5. The topological polar surface area (TPSA) is 55.1 Å². The number of hydrogen-bond donors (Lipinski definition) is 1. The lowest BCUT2D eigenvalue weighted by atomic mass is 10.3. The fraction of sp³-hybridized carbons (Fsp3) is 0.500. The molecule has 2 heterocycles. The predicted molar refractivity (Wildman–Crippen MR) is 63.9 cm³/mol. The van der Waals surface area contributed by atoms with Gasteiger partial charge in [-0.1, -0.05) is 24.9 Å². The molecular weight excluding hydrogens is 226 g/mol. The van der Waals surface area contributed by atoms with Crippen LogP contribution in [-0.4, -0.2) is 26.1 Å². The summed E-state index contributed by atoms with van der Waals surface area (Å²) in [5, 5.41) is 7.91. The Labute approximate surface area is 98.9 Å². The lowest BCUT2D eigenvalue weighted by molar-refractivity contribution is 0.817. The van der Waals surface area contributed by atoms with Crippen molar-refractivity contribution in [2.75, 3.05) is 11.9 Å². The van der Waals surface area contributed by atoms with Gasteiger partial charge in [0.25, 0.3) is 5.78 Å². The van der Waals surface area contributed by atoms with Crippen LogP contribution in [0, 0.1) is 6.92 Å². The number of unbranched alkanes of at least 4 members (excludes halogenated alkanes) is 1. The van der Waals surface area contributed by atoms with Crippen LogP contribution in [0.4, 0.5) is 5.82 Å². The van der Waals surface area contributed by atoms with Crippen molar-refractivity contribution in [3.63, 3.8) is 0 Å². The molecule has 86 valence electrons. The van der Waals surface area contributed by atoms with E-state index in [1.165, 1.54) is 6.33 Å². The molecule has 0 unspecified atom stereocenters. The molecule has 2 aromatic rings. The number of nitrogens with zero attached hydrogens (tertiary/aromatic N) is 4. The average Bonchev–Trinajstić information content (AvgIpc) is 2.71. The monoisotopic (exact) mass is 239 g/mol. The van der Waals surface area contributed by atoms with Crippen LogP contribution in [0.1, 0.15) is 25.3 Å². The van der Waals surface area contributed by atoms with Gasteiger partial charge < -0.3 is 5.32 Å². The summed E-state index contributed by atoms with van der Waals surface area (Å²) >= 11 is 6.03. The number of aromatic nitrogens is 4. The standard InChI is InChI=1S/C10H14ClN5/c1-3-4-5-12-9-7(2)8(11)15-10-13-6-14-16(9)10/h6,12H,3-5H2,1-2H3. The lowest BCUT2D eigenvalue weighted by Crippen LogP contribution is -2.09. The third kappa shape index (κ3) is 1.95. The van der Waals surface area contributed by atoms with Gasteiger partial charge in [0.2, 0.25) is 0 Å². The molecule has 0 spiro atoms. The minimum absolute atomic E-state index is 0.472. The van der Waals surface area contributed by atoms with Crippen molar-refractivity contribution in [3.05, 3.63) is 17.0 Å². The van der Waals surface area contributed by atoms with E-state index in [4.69, 9.17) is 11.6 Å². The second-order valence-electron chi connectivity index (χ2n) is 3.63. The van der Waals surface area contributed by atoms with Gasteiger partial charge in [-0.25, -0.2) is 0 Å². The molecule has 0 fully saturated rings. The molecular formula is C10H14ClN5. The van der Waals surface area contributed by atoms with Crippen LogP contribution in [0.3, 0.4) is 0 Å². The molecule has 0 saturated carbocycles. The molecule has 0 aliphatic carbocycles. The molecule has 0 amide bonds. The Hall–Kier alpha value is -1.36. The van der Waals surface area contributed by atoms with Crippen LogP contribution in [0.5, 0.6) is 0 Å². The first-order valence-corrected chi connectivity index (χ1v) is 5.71. The fourth-order valence-corrected chi connectivity index (χ4v) is 1.65. The van der Waals surface area contributed by atoms with Gasteiger partial charge >= 0.3 is 0 Å². The van der Waals surface area contributed by atoms with Crippen molar-refractivity contribution >= 4 is 23.2 Å². The van der Waals surface area contributed by atoms with E-state index in [1.54, 1.807) is 4.52 Å². The largest absolute Gasteiger partial charge is 0.370 e. The Morgan fingerprint density at radius 1 is 1.50 bits per heavy atom. The van der Waals surface area contributed by atoms with Gasteiger partial charge in [0.1, 0.15) is 17.3 Å². The Morgan fingerprint density at radius 3 is 3.06 bits per heavy atom. The Bertz CT molecular complexity index is 493. The summed E-state index contributed by atoms with van der Waals surface area (Å²) in [4.78, 5) is 8.16. The lowest BCUT2D eigenvalue weighted by Gasteiger charge is -2.10. The molecule has 0 atom stereocenters. The predicted octanol–water partition coefficient (Wildman–Crippen LogP) is 2.30. The van der Waals surface area contributed by atoms with Gasteiger partial charge in [-0.05, 0) is 13.3 Å². The van der Waals surface area contributed by atoms with Gasteiger partial charge in [0.05, 0.1) is 0 Å². The highest BCUT2D eigenvalue weighted by Crippen LogP contribution is 2.21. The maximum absolute atomic E-state index is 6.03. The van der Waals surface area contributed by atoms with Crippen LogP contribution in [0.25, 0.3) is 5.78 Å². The summed E-state index contributed by atoms with van der Waals surface area (Å²) < 4.78 is 1.68. The van der Waals surface area contributed by atoms with Crippen LogP contribution in [-0.2, 0) is 0 Å². The summed E-state index contributed by atoms with van der Waals surface area (Å²) in [5.41, 5.74) is 0.899. The minimum atomic E-state index is 0.472. The molecule has 1 N–H and O–H groups in total. The Balaban J connectivity index is 2.39. The Morgan fingerprint density at radius 2 is 2.31 bits per heavy atom. The zero-order chi connectivity index (χ0) is 11.5. The highest BCUT2D eigenvalue weighted by molar-refractivity contribution is 6.30. The van der Waals surface area contributed by atoms with E-state index in [0.717, 1.165) is 30.8 Å². The average molecular weight is 240 g/mol. The van der Waals surface area contributed by atoms with Crippen molar-refractivity contribution in [1.29, 1.82) is 0 Å². The summed E-state index contributed by atoms with van der Waals surface area (Å²) in [6.45, 7) is 4.97. The molecule has 16 heavy (non-hydrogen) atoms. The molecule has 0 bridgehead atoms. The first-order valence-electron chi connectivity index (χ1n) is 5.33. The van der Waals surface area contributed by atoms with Crippen LogP contribution in [0.15, 0.2) is 6.33 Å². The quantitative estimate of drug-likeness (QED) is 0.657. The molecule has 6 heteroatoms. The van der Waals surface area contributed by atoms with Crippen molar-refractivity contribution in [3.8, 4) is 0 Å².